The van der Waals surface area contributed by atoms with Gasteiger partial charge in [-0.05, 0) is 68.9 Å². The second-order valence-corrected chi connectivity index (χ2v) is 7.84. The summed E-state index contributed by atoms with van der Waals surface area (Å²) in [6.07, 6.45) is 2.97. The fraction of sp³-hybridized carbons (Fsp3) is 0.429. The molecule has 1 amide bonds. The Hall–Kier alpha value is -2.23. The van der Waals surface area contributed by atoms with Gasteiger partial charge in [-0.25, -0.2) is 9.37 Å². The van der Waals surface area contributed by atoms with E-state index >= 15 is 0 Å². The SMILES string of the molecule is CN(C(=O)c1ccc(C2CC2)c(Cc2ccc(F)cc2)n1)C(C)(C)C. The van der Waals surface area contributed by atoms with Crippen LogP contribution >= 0.6 is 0 Å². The lowest BCUT2D eigenvalue weighted by Crippen LogP contribution is -2.42. The predicted molar refractivity (Wildman–Crippen MR) is 97.3 cm³/mol. The van der Waals surface area contributed by atoms with Crippen molar-refractivity contribution < 1.29 is 9.18 Å². The van der Waals surface area contributed by atoms with Crippen molar-refractivity contribution in [3.05, 3.63) is 64.7 Å². The molecule has 0 unspecified atom stereocenters. The van der Waals surface area contributed by atoms with E-state index in [4.69, 9.17) is 4.98 Å². The van der Waals surface area contributed by atoms with Gasteiger partial charge in [0.1, 0.15) is 11.5 Å². The standard InChI is InChI=1S/C21H25FN2O/c1-21(2,3)24(4)20(25)18-12-11-17(15-7-8-15)19(23-18)13-14-5-9-16(22)10-6-14/h5-6,9-12,15H,7-8,13H2,1-4H3. The third kappa shape index (κ3) is 4.06. The van der Waals surface area contributed by atoms with E-state index < -0.39 is 0 Å². The van der Waals surface area contributed by atoms with Crippen LogP contribution in [0.1, 0.15) is 66.8 Å². The molecule has 25 heavy (non-hydrogen) atoms. The molecular weight excluding hydrogens is 315 g/mol. The molecule has 1 aliphatic rings. The van der Waals surface area contributed by atoms with Gasteiger partial charge in [0.15, 0.2) is 0 Å². The maximum atomic E-state index is 13.1. The molecule has 1 fully saturated rings. The minimum Gasteiger partial charge on any atom is -0.336 e. The summed E-state index contributed by atoms with van der Waals surface area (Å²) in [5, 5.41) is 0. The number of carbonyl (C=O) groups is 1. The van der Waals surface area contributed by atoms with E-state index in [1.165, 1.54) is 30.5 Å². The predicted octanol–water partition coefficient (Wildman–Crippen LogP) is 4.56. The Balaban J connectivity index is 1.92. The van der Waals surface area contributed by atoms with Crippen LogP contribution in [0.15, 0.2) is 36.4 Å². The smallest absolute Gasteiger partial charge is 0.272 e. The average Bonchev–Trinajstić information content (AvgIpc) is 3.39. The summed E-state index contributed by atoms with van der Waals surface area (Å²) in [5.41, 5.74) is 3.37. The molecule has 0 aliphatic heterocycles. The van der Waals surface area contributed by atoms with Gasteiger partial charge in [0.05, 0.1) is 0 Å². The van der Waals surface area contributed by atoms with E-state index in [1.54, 1.807) is 24.1 Å². The molecule has 1 heterocycles. The van der Waals surface area contributed by atoms with Crippen molar-refractivity contribution >= 4 is 5.91 Å². The lowest BCUT2D eigenvalue weighted by Gasteiger charge is -2.31. The molecule has 3 nitrogen and oxygen atoms in total. The molecule has 0 radical (unpaired) electrons. The van der Waals surface area contributed by atoms with E-state index in [0.29, 0.717) is 18.0 Å². The lowest BCUT2D eigenvalue weighted by atomic mass is 10.0. The Morgan fingerprint density at radius 2 is 1.80 bits per heavy atom. The van der Waals surface area contributed by atoms with Gasteiger partial charge in [0, 0.05) is 24.7 Å². The van der Waals surface area contributed by atoms with Gasteiger partial charge in [-0.3, -0.25) is 4.79 Å². The van der Waals surface area contributed by atoms with Crippen molar-refractivity contribution in [3.8, 4) is 0 Å². The molecule has 1 aromatic carbocycles. The Kier molecular flexibility index (Phi) is 4.63. The van der Waals surface area contributed by atoms with E-state index in [-0.39, 0.29) is 17.3 Å². The van der Waals surface area contributed by atoms with E-state index in [1.807, 2.05) is 32.9 Å². The number of halogens is 1. The number of rotatable bonds is 4. The minimum atomic E-state index is -0.259. The summed E-state index contributed by atoms with van der Waals surface area (Å²) in [4.78, 5) is 19.2. The Bertz CT molecular complexity index is 773. The first kappa shape index (κ1) is 17.6. The highest BCUT2D eigenvalue weighted by molar-refractivity contribution is 5.92. The molecule has 3 rings (SSSR count). The number of pyridine rings is 1. The largest absolute Gasteiger partial charge is 0.336 e. The van der Waals surface area contributed by atoms with E-state index in [0.717, 1.165) is 11.3 Å². The van der Waals surface area contributed by atoms with Crippen molar-refractivity contribution in [1.29, 1.82) is 0 Å². The summed E-state index contributed by atoms with van der Waals surface area (Å²) in [6.45, 7) is 6.01. The third-order valence-electron chi connectivity index (χ3n) is 4.84. The fourth-order valence-corrected chi connectivity index (χ4v) is 2.81. The first-order valence-corrected chi connectivity index (χ1v) is 8.78. The summed E-state index contributed by atoms with van der Waals surface area (Å²) >= 11 is 0. The van der Waals surface area contributed by atoms with Crippen LogP contribution in [0.4, 0.5) is 4.39 Å². The lowest BCUT2D eigenvalue weighted by molar-refractivity contribution is 0.0649. The van der Waals surface area contributed by atoms with Crippen molar-refractivity contribution in [1.82, 2.24) is 9.88 Å². The van der Waals surface area contributed by atoms with Gasteiger partial charge in [-0.1, -0.05) is 18.2 Å². The molecule has 0 bridgehead atoms. The maximum Gasteiger partial charge on any atom is 0.272 e. The molecule has 4 heteroatoms. The van der Waals surface area contributed by atoms with Gasteiger partial charge in [-0.15, -0.1) is 0 Å². The molecular formula is C21H25FN2O. The molecule has 0 N–H and O–H groups in total. The third-order valence-corrected chi connectivity index (χ3v) is 4.84. The zero-order chi connectivity index (χ0) is 18.2. The van der Waals surface area contributed by atoms with Crippen molar-refractivity contribution in [2.24, 2.45) is 0 Å². The highest BCUT2D eigenvalue weighted by Crippen LogP contribution is 2.41. The number of benzene rings is 1. The number of nitrogens with zero attached hydrogens (tertiary/aromatic N) is 2. The zero-order valence-corrected chi connectivity index (χ0v) is 15.3. The molecule has 2 aromatic rings. The number of hydrogen-bond donors (Lipinski definition) is 0. The van der Waals surface area contributed by atoms with Gasteiger partial charge in [-0.2, -0.15) is 0 Å². The van der Waals surface area contributed by atoms with Crippen LogP contribution in [-0.2, 0) is 6.42 Å². The first-order valence-electron chi connectivity index (χ1n) is 8.78. The van der Waals surface area contributed by atoms with Crippen LogP contribution < -0.4 is 0 Å². The zero-order valence-electron chi connectivity index (χ0n) is 15.3. The van der Waals surface area contributed by atoms with Crippen LogP contribution in [0.3, 0.4) is 0 Å². The number of amides is 1. The van der Waals surface area contributed by atoms with Crippen LogP contribution in [-0.4, -0.2) is 28.4 Å². The molecule has 1 aliphatic carbocycles. The molecule has 0 atom stereocenters. The Morgan fingerprint density at radius 3 is 2.36 bits per heavy atom. The Morgan fingerprint density at radius 1 is 1.16 bits per heavy atom. The number of hydrogen-bond acceptors (Lipinski definition) is 2. The number of aromatic nitrogens is 1. The molecule has 1 saturated carbocycles. The van der Waals surface area contributed by atoms with Gasteiger partial charge < -0.3 is 4.90 Å². The van der Waals surface area contributed by atoms with Crippen molar-refractivity contribution in [2.75, 3.05) is 7.05 Å². The van der Waals surface area contributed by atoms with Gasteiger partial charge >= 0.3 is 0 Å². The second kappa shape index (κ2) is 6.58. The second-order valence-electron chi connectivity index (χ2n) is 7.84. The first-order chi connectivity index (χ1) is 11.8. The van der Waals surface area contributed by atoms with Crippen LogP contribution in [0, 0.1) is 5.82 Å². The molecule has 1 aromatic heterocycles. The topological polar surface area (TPSA) is 33.2 Å². The maximum absolute atomic E-state index is 13.1. The quantitative estimate of drug-likeness (QED) is 0.817. The monoisotopic (exact) mass is 340 g/mol. The van der Waals surface area contributed by atoms with E-state index in [2.05, 4.69) is 0 Å². The summed E-state index contributed by atoms with van der Waals surface area (Å²) in [6, 6.07) is 10.4. The summed E-state index contributed by atoms with van der Waals surface area (Å²) < 4.78 is 13.1. The van der Waals surface area contributed by atoms with Crippen LogP contribution in [0.5, 0.6) is 0 Å². The highest BCUT2D eigenvalue weighted by Gasteiger charge is 2.29. The van der Waals surface area contributed by atoms with E-state index in [9.17, 15) is 9.18 Å². The minimum absolute atomic E-state index is 0.0739. The fourth-order valence-electron chi connectivity index (χ4n) is 2.81. The summed E-state index contributed by atoms with van der Waals surface area (Å²) in [7, 11) is 1.80. The molecule has 0 saturated heterocycles. The average molecular weight is 340 g/mol. The normalized spacial score (nSPS) is 14.4. The van der Waals surface area contributed by atoms with Gasteiger partial charge in [0.2, 0.25) is 0 Å². The number of carbonyl (C=O) groups excluding carboxylic acids is 1. The van der Waals surface area contributed by atoms with Crippen LogP contribution in [0.2, 0.25) is 0 Å². The van der Waals surface area contributed by atoms with Crippen molar-refractivity contribution in [2.45, 2.75) is 51.5 Å². The summed E-state index contributed by atoms with van der Waals surface area (Å²) in [5.74, 6) is 0.234. The Labute approximate surface area is 148 Å². The molecule has 132 valence electrons. The van der Waals surface area contributed by atoms with Crippen molar-refractivity contribution in [3.63, 3.8) is 0 Å². The highest BCUT2D eigenvalue weighted by atomic mass is 19.1. The van der Waals surface area contributed by atoms with Crippen LogP contribution in [0.25, 0.3) is 0 Å². The van der Waals surface area contributed by atoms with Gasteiger partial charge in [0.25, 0.3) is 5.91 Å². The molecule has 0 spiro atoms.